The summed E-state index contributed by atoms with van der Waals surface area (Å²) in [6.07, 6.45) is 2.22. The molecule has 1 saturated heterocycles. The molecule has 27 heavy (non-hydrogen) atoms. The lowest BCUT2D eigenvalue weighted by Gasteiger charge is -2.24. The van der Waals surface area contributed by atoms with Crippen molar-refractivity contribution in [3.05, 3.63) is 48.5 Å². The lowest BCUT2D eigenvalue weighted by atomic mass is 10.2. The molecule has 0 saturated carbocycles. The van der Waals surface area contributed by atoms with Crippen molar-refractivity contribution in [1.29, 1.82) is 0 Å². The monoisotopic (exact) mass is 370 g/mol. The van der Waals surface area contributed by atoms with Crippen LogP contribution in [-0.2, 0) is 0 Å². The molecule has 1 aliphatic rings. The number of hydrogen-bond donors (Lipinski definition) is 0. The number of hydrogen-bond acceptors (Lipinski definition) is 5. The highest BCUT2D eigenvalue weighted by atomic mass is 16.5. The maximum atomic E-state index is 5.84. The largest absolute Gasteiger partial charge is 0.497 e. The molecule has 1 heterocycles. The van der Waals surface area contributed by atoms with Gasteiger partial charge in [0, 0.05) is 31.9 Å². The van der Waals surface area contributed by atoms with Crippen molar-refractivity contribution in [1.82, 2.24) is 4.90 Å². The minimum Gasteiger partial charge on any atom is -0.497 e. The normalized spacial score (nSPS) is 15.3. The topological polar surface area (TPSA) is 34.2 Å². The molecule has 2 aromatic carbocycles. The van der Waals surface area contributed by atoms with E-state index in [9.17, 15) is 0 Å². The van der Waals surface area contributed by atoms with Crippen molar-refractivity contribution >= 4 is 5.69 Å². The molecular weight excluding hydrogens is 340 g/mol. The number of anilines is 1. The molecule has 2 aromatic rings. The van der Waals surface area contributed by atoms with Gasteiger partial charge in [0.2, 0.25) is 0 Å². The van der Waals surface area contributed by atoms with E-state index in [2.05, 4.69) is 21.9 Å². The third-order valence-corrected chi connectivity index (χ3v) is 4.97. The fourth-order valence-corrected chi connectivity index (χ4v) is 3.40. The second-order valence-corrected chi connectivity index (χ2v) is 6.76. The van der Waals surface area contributed by atoms with Crippen LogP contribution in [0.2, 0.25) is 0 Å². The highest BCUT2D eigenvalue weighted by Gasteiger charge is 2.15. The van der Waals surface area contributed by atoms with E-state index in [0.29, 0.717) is 0 Å². The predicted molar refractivity (Wildman–Crippen MR) is 109 cm³/mol. The third-order valence-electron chi connectivity index (χ3n) is 4.97. The molecule has 1 fully saturated rings. The first kappa shape index (κ1) is 19.4. The second kappa shape index (κ2) is 10.1. The van der Waals surface area contributed by atoms with Crippen molar-refractivity contribution < 1.29 is 14.2 Å². The van der Waals surface area contributed by atoms with E-state index >= 15 is 0 Å². The zero-order chi connectivity index (χ0) is 18.9. The number of ether oxygens (including phenoxy) is 3. The van der Waals surface area contributed by atoms with Gasteiger partial charge >= 0.3 is 0 Å². The molecule has 0 amide bonds. The van der Waals surface area contributed by atoms with Crippen molar-refractivity contribution in [3.63, 3.8) is 0 Å². The van der Waals surface area contributed by atoms with Crippen LogP contribution in [0.3, 0.4) is 0 Å². The summed E-state index contributed by atoms with van der Waals surface area (Å²) in [6, 6.07) is 16.1. The highest BCUT2D eigenvalue weighted by Crippen LogP contribution is 2.21. The Labute approximate surface area is 162 Å². The number of benzene rings is 2. The summed E-state index contributed by atoms with van der Waals surface area (Å²) in [5.41, 5.74) is 1.28. The molecule has 0 bridgehead atoms. The molecule has 0 spiro atoms. The van der Waals surface area contributed by atoms with Crippen LogP contribution in [0.4, 0.5) is 5.69 Å². The van der Waals surface area contributed by atoms with E-state index in [4.69, 9.17) is 14.2 Å². The first-order chi connectivity index (χ1) is 13.3. The van der Waals surface area contributed by atoms with E-state index in [-0.39, 0.29) is 0 Å². The summed E-state index contributed by atoms with van der Waals surface area (Å²) in [4.78, 5) is 5.01. The second-order valence-electron chi connectivity index (χ2n) is 6.76. The Hall–Kier alpha value is -2.40. The van der Waals surface area contributed by atoms with Gasteiger partial charge in [0.15, 0.2) is 0 Å². The van der Waals surface area contributed by atoms with Gasteiger partial charge < -0.3 is 24.0 Å². The predicted octanol–water partition coefficient (Wildman–Crippen LogP) is 3.69. The van der Waals surface area contributed by atoms with Gasteiger partial charge in [-0.1, -0.05) is 0 Å². The SMILES string of the molecule is COc1ccc(OCCCN2CCCN(c3ccc(OC)cc3)CC2)cc1. The van der Waals surface area contributed by atoms with Crippen molar-refractivity contribution in [3.8, 4) is 17.2 Å². The molecule has 146 valence electrons. The Kier molecular flexibility index (Phi) is 7.22. The average molecular weight is 370 g/mol. The van der Waals surface area contributed by atoms with Gasteiger partial charge in [-0.25, -0.2) is 0 Å². The standard InChI is InChI=1S/C22H30N2O3/c1-25-20-7-5-19(6-8-20)24-15-3-13-23(16-17-24)14-4-18-27-22-11-9-21(26-2)10-12-22/h5-12H,3-4,13-18H2,1-2H3. The van der Waals surface area contributed by atoms with Crippen LogP contribution >= 0.6 is 0 Å². The smallest absolute Gasteiger partial charge is 0.119 e. The summed E-state index contributed by atoms with van der Waals surface area (Å²) in [6.45, 7) is 6.22. The molecule has 0 radical (unpaired) electrons. The minimum absolute atomic E-state index is 0.741. The lowest BCUT2D eigenvalue weighted by Crippen LogP contribution is -2.31. The van der Waals surface area contributed by atoms with E-state index in [0.717, 1.165) is 63.0 Å². The molecule has 0 N–H and O–H groups in total. The van der Waals surface area contributed by atoms with E-state index in [1.54, 1.807) is 14.2 Å². The molecule has 5 nitrogen and oxygen atoms in total. The van der Waals surface area contributed by atoms with Crippen LogP contribution in [0, 0.1) is 0 Å². The molecule has 1 aliphatic heterocycles. The highest BCUT2D eigenvalue weighted by molar-refractivity contribution is 5.49. The van der Waals surface area contributed by atoms with Crippen molar-refractivity contribution in [2.75, 3.05) is 58.5 Å². The van der Waals surface area contributed by atoms with Crippen LogP contribution in [0.5, 0.6) is 17.2 Å². The molecule has 3 rings (SSSR count). The van der Waals surface area contributed by atoms with Gasteiger partial charge in [0.05, 0.1) is 20.8 Å². The minimum atomic E-state index is 0.741. The summed E-state index contributed by atoms with van der Waals surface area (Å²) in [7, 11) is 3.38. The Balaban J connectivity index is 1.38. The Morgan fingerprint density at radius 1 is 0.741 bits per heavy atom. The van der Waals surface area contributed by atoms with Crippen LogP contribution in [0.15, 0.2) is 48.5 Å². The van der Waals surface area contributed by atoms with Crippen LogP contribution in [0.1, 0.15) is 12.8 Å². The maximum Gasteiger partial charge on any atom is 0.119 e. The Morgan fingerprint density at radius 3 is 2.04 bits per heavy atom. The van der Waals surface area contributed by atoms with Crippen LogP contribution < -0.4 is 19.1 Å². The van der Waals surface area contributed by atoms with Gasteiger partial charge in [-0.2, -0.15) is 0 Å². The van der Waals surface area contributed by atoms with Crippen LogP contribution in [0.25, 0.3) is 0 Å². The van der Waals surface area contributed by atoms with Crippen molar-refractivity contribution in [2.45, 2.75) is 12.8 Å². The number of methoxy groups -OCH3 is 2. The van der Waals surface area contributed by atoms with Gasteiger partial charge in [-0.05, 0) is 67.9 Å². The van der Waals surface area contributed by atoms with E-state index in [1.165, 1.54) is 12.1 Å². The van der Waals surface area contributed by atoms with E-state index in [1.807, 2.05) is 36.4 Å². The average Bonchev–Trinajstić information content (AvgIpc) is 2.97. The van der Waals surface area contributed by atoms with E-state index < -0.39 is 0 Å². The molecule has 0 aromatic heterocycles. The number of nitrogens with zero attached hydrogens (tertiary/aromatic N) is 2. The summed E-state index contributed by atoms with van der Waals surface area (Å²) >= 11 is 0. The first-order valence-corrected chi connectivity index (χ1v) is 9.67. The molecule has 5 heteroatoms. The van der Waals surface area contributed by atoms with Gasteiger partial charge in [-0.15, -0.1) is 0 Å². The third kappa shape index (κ3) is 5.79. The lowest BCUT2D eigenvalue weighted by molar-refractivity contribution is 0.244. The Bertz CT molecular complexity index is 673. The fraction of sp³-hybridized carbons (Fsp3) is 0.455. The Morgan fingerprint density at radius 2 is 1.37 bits per heavy atom. The zero-order valence-electron chi connectivity index (χ0n) is 16.4. The van der Waals surface area contributed by atoms with Gasteiger partial charge in [-0.3, -0.25) is 0 Å². The summed E-state index contributed by atoms with van der Waals surface area (Å²) < 4.78 is 16.3. The first-order valence-electron chi connectivity index (χ1n) is 9.67. The fourth-order valence-electron chi connectivity index (χ4n) is 3.40. The van der Waals surface area contributed by atoms with Crippen LogP contribution in [-0.4, -0.2) is 58.5 Å². The molecule has 0 unspecified atom stereocenters. The molecular formula is C22H30N2O3. The maximum absolute atomic E-state index is 5.84. The van der Waals surface area contributed by atoms with Gasteiger partial charge in [0.25, 0.3) is 0 Å². The quantitative estimate of drug-likeness (QED) is 0.662. The van der Waals surface area contributed by atoms with Gasteiger partial charge in [0.1, 0.15) is 17.2 Å². The zero-order valence-corrected chi connectivity index (χ0v) is 16.4. The number of rotatable bonds is 8. The summed E-state index contributed by atoms with van der Waals surface area (Å²) in [5, 5.41) is 0. The summed E-state index contributed by atoms with van der Waals surface area (Å²) in [5.74, 6) is 2.66. The van der Waals surface area contributed by atoms with Crippen molar-refractivity contribution in [2.24, 2.45) is 0 Å². The molecule has 0 atom stereocenters. The molecule has 0 aliphatic carbocycles.